The molecular formula is C29H33N7OS2. The highest BCUT2D eigenvalue weighted by molar-refractivity contribution is 7.80. The number of hydrogen-bond donors (Lipinski definition) is 1. The third kappa shape index (κ3) is 6.32. The Bertz CT molecular complexity index is 1330. The van der Waals surface area contributed by atoms with Crippen LogP contribution in [0, 0.1) is 11.3 Å². The zero-order chi connectivity index (χ0) is 27.4. The molecule has 0 aliphatic carbocycles. The lowest BCUT2D eigenvalue weighted by Gasteiger charge is -2.35. The number of piperidine rings is 1. The van der Waals surface area contributed by atoms with Crippen LogP contribution in [0.15, 0.2) is 53.9 Å². The monoisotopic (exact) mass is 559 g/mol. The number of nitrogens with one attached hydrogen (secondary N) is 1. The Morgan fingerprint density at radius 2 is 1.67 bits per heavy atom. The molecule has 1 N–H and O–H groups in total. The number of rotatable bonds is 5. The lowest BCUT2D eigenvalue weighted by Crippen LogP contribution is -2.48. The van der Waals surface area contributed by atoms with Gasteiger partial charge in [0.05, 0.1) is 16.6 Å². The zero-order valence-corrected chi connectivity index (χ0v) is 24.0. The van der Waals surface area contributed by atoms with Crippen LogP contribution in [-0.2, 0) is 0 Å². The number of thiocarbonyl (C=S) groups is 1. The van der Waals surface area contributed by atoms with Crippen LogP contribution < -0.4 is 15.1 Å². The number of nitriles is 1. The first-order chi connectivity index (χ1) is 18.9. The summed E-state index contributed by atoms with van der Waals surface area (Å²) in [7, 11) is 4.05. The number of anilines is 3. The van der Waals surface area contributed by atoms with Crippen LogP contribution in [0.2, 0.25) is 0 Å². The van der Waals surface area contributed by atoms with Crippen molar-refractivity contribution >= 4 is 51.6 Å². The first kappa shape index (κ1) is 26.9. The Morgan fingerprint density at radius 1 is 1.00 bits per heavy atom. The zero-order valence-electron chi connectivity index (χ0n) is 22.3. The van der Waals surface area contributed by atoms with Gasteiger partial charge >= 0.3 is 0 Å². The summed E-state index contributed by atoms with van der Waals surface area (Å²) >= 11 is 7.28. The van der Waals surface area contributed by atoms with Gasteiger partial charge in [0, 0.05) is 81.7 Å². The van der Waals surface area contributed by atoms with Crippen molar-refractivity contribution in [3.63, 3.8) is 0 Å². The van der Waals surface area contributed by atoms with Crippen molar-refractivity contribution in [2.75, 3.05) is 68.5 Å². The maximum atomic E-state index is 13.2. The number of nitrogens with zero attached hydrogens (tertiary/aromatic N) is 6. The molecule has 8 nitrogen and oxygen atoms in total. The fourth-order valence-electron chi connectivity index (χ4n) is 5.02. The van der Waals surface area contributed by atoms with Crippen LogP contribution in [0.5, 0.6) is 0 Å². The van der Waals surface area contributed by atoms with Gasteiger partial charge in [0.25, 0.3) is 5.91 Å². The van der Waals surface area contributed by atoms with Crippen molar-refractivity contribution in [2.24, 2.45) is 0 Å². The van der Waals surface area contributed by atoms with E-state index in [9.17, 15) is 4.79 Å². The van der Waals surface area contributed by atoms with Crippen molar-refractivity contribution in [3.8, 4) is 6.07 Å². The van der Waals surface area contributed by atoms with Gasteiger partial charge in [-0.05, 0) is 73.6 Å². The lowest BCUT2D eigenvalue weighted by molar-refractivity contribution is 0.0741. The van der Waals surface area contributed by atoms with E-state index in [1.807, 2.05) is 48.6 Å². The van der Waals surface area contributed by atoms with Gasteiger partial charge in [-0.3, -0.25) is 4.79 Å². The summed E-state index contributed by atoms with van der Waals surface area (Å²) in [5.41, 5.74) is 4.44. The summed E-state index contributed by atoms with van der Waals surface area (Å²) in [6.45, 7) is 4.58. The molecule has 2 aliphatic rings. The van der Waals surface area contributed by atoms with E-state index in [0.29, 0.717) is 30.3 Å². The maximum absolute atomic E-state index is 13.2. The van der Waals surface area contributed by atoms with E-state index in [4.69, 9.17) is 22.5 Å². The van der Waals surface area contributed by atoms with Crippen LogP contribution in [0.3, 0.4) is 0 Å². The molecule has 10 heteroatoms. The molecule has 1 amide bonds. The van der Waals surface area contributed by atoms with Gasteiger partial charge in [0.2, 0.25) is 0 Å². The number of likely N-dealkylation sites (tertiary alicyclic amines) is 1. The second kappa shape index (κ2) is 12.0. The highest BCUT2D eigenvalue weighted by atomic mass is 32.1. The van der Waals surface area contributed by atoms with Crippen molar-refractivity contribution < 1.29 is 4.79 Å². The Kier molecular flexibility index (Phi) is 8.29. The summed E-state index contributed by atoms with van der Waals surface area (Å²) in [4.78, 5) is 26.4. The molecule has 0 unspecified atom stereocenters. The number of piperazine rings is 1. The summed E-state index contributed by atoms with van der Waals surface area (Å²) in [6.07, 6.45) is 1.93. The topological polar surface area (TPSA) is 78.7 Å². The Hall–Kier alpha value is -3.68. The molecule has 0 bridgehead atoms. The Morgan fingerprint density at radius 3 is 2.28 bits per heavy atom. The number of carbonyl (C=O) groups excluding carboxylic acids is 1. The van der Waals surface area contributed by atoms with Crippen LogP contribution in [0.4, 0.5) is 17.1 Å². The average Bonchev–Trinajstić information content (AvgIpc) is 3.48. The minimum atomic E-state index is 0.0140. The lowest BCUT2D eigenvalue weighted by atomic mass is 9.98. The maximum Gasteiger partial charge on any atom is 0.273 e. The van der Waals surface area contributed by atoms with E-state index in [-0.39, 0.29) is 5.91 Å². The molecule has 0 radical (unpaired) electrons. The summed E-state index contributed by atoms with van der Waals surface area (Å²) in [6, 6.07) is 18.0. The summed E-state index contributed by atoms with van der Waals surface area (Å²) < 4.78 is 0. The van der Waals surface area contributed by atoms with E-state index in [1.165, 1.54) is 0 Å². The fraction of sp³-hybridized carbons (Fsp3) is 0.379. The van der Waals surface area contributed by atoms with Gasteiger partial charge < -0.3 is 24.9 Å². The molecule has 2 aromatic carbocycles. The Labute approximate surface area is 239 Å². The van der Waals surface area contributed by atoms with Crippen LogP contribution in [-0.4, -0.2) is 79.2 Å². The molecule has 2 fully saturated rings. The average molecular weight is 560 g/mol. The quantitative estimate of drug-likeness (QED) is 0.454. The summed E-state index contributed by atoms with van der Waals surface area (Å²) in [5, 5.41) is 16.1. The van der Waals surface area contributed by atoms with Crippen molar-refractivity contribution in [2.45, 2.75) is 18.8 Å². The van der Waals surface area contributed by atoms with Gasteiger partial charge in [-0.1, -0.05) is 0 Å². The first-order valence-corrected chi connectivity index (χ1v) is 14.5. The van der Waals surface area contributed by atoms with E-state index in [1.54, 1.807) is 11.3 Å². The summed E-state index contributed by atoms with van der Waals surface area (Å²) in [5.74, 6) is 0.364. The highest BCUT2D eigenvalue weighted by Gasteiger charge is 2.28. The van der Waals surface area contributed by atoms with E-state index >= 15 is 0 Å². The first-order valence-electron chi connectivity index (χ1n) is 13.2. The van der Waals surface area contributed by atoms with Gasteiger partial charge in [0.15, 0.2) is 5.11 Å². The Balaban J connectivity index is 1.10. The molecule has 202 valence electrons. The van der Waals surface area contributed by atoms with Crippen molar-refractivity contribution in [1.82, 2.24) is 14.8 Å². The standard InChI is InChI=1S/C29H33N7OS2/c1-33(2)24-9-5-23(6-10-24)31-29(38)36-13-11-22(12-14-36)27-32-26(20-39-27)28(37)35-17-15-34(16-18-35)25-7-3-21(19-30)4-8-25/h3-10,20,22H,11-18H2,1-2H3,(H,31,38). The number of amides is 1. The molecule has 0 saturated carbocycles. The number of carbonyl (C=O) groups is 1. The molecule has 2 saturated heterocycles. The van der Waals surface area contributed by atoms with Crippen molar-refractivity contribution in [1.29, 1.82) is 5.26 Å². The predicted octanol–water partition coefficient (Wildman–Crippen LogP) is 4.62. The highest BCUT2D eigenvalue weighted by Crippen LogP contribution is 2.31. The third-order valence-electron chi connectivity index (χ3n) is 7.44. The minimum absolute atomic E-state index is 0.0140. The fourth-order valence-corrected chi connectivity index (χ4v) is 6.29. The second-order valence-electron chi connectivity index (χ2n) is 10.1. The van der Waals surface area contributed by atoms with E-state index < -0.39 is 0 Å². The van der Waals surface area contributed by atoms with Gasteiger partial charge in [-0.25, -0.2) is 4.98 Å². The molecule has 5 rings (SSSR count). The number of benzene rings is 2. The van der Waals surface area contributed by atoms with Crippen molar-refractivity contribution in [3.05, 3.63) is 70.2 Å². The van der Waals surface area contributed by atoms with E-state index in [2.05, 4.69) is 50.4 Å². The largest absolute Gasteiger partial charge is 0.378 e. The van der Waals surface area contributed by atoms with Gasteiger partial charge in [-0.2, -0.15) is 5.26 Å². The second-order valence-corrected chi connectivity index (χ2v) is 11.4. The van der Waals surface area contributed by atoms with Gasteiger partial charge in [0.1, 0.15) is 5.69 Å². The number of hydrogen-bond acceptors (Lipinski definition) is 7. The molecule has 0 spiro atoms. The number of thiazole rings is 1. The molecular weight excluding hydrogens is 527 g/mol. The van der Waals surface area contributed by atoms with E-state index in [0.717, 1.165) is 66.2 Å². The SMILES string of the molecule is CN(C)c1ccc(NC(=S)N2CCC(c3nc(C(=O)N4CCN(c5ccc(C#N)cc5)CC4)cs3)CC2)cc1. The van der Waals surface area contributed by atoms with Gasteiger partial charge in [-0.15, -0.1) is 11.3 Å². The molecule has 1 aromatic heterocycles. The molecule has 3 aromatic rings. The predicted molar refractivity (Wildman–Crippen MR) is 162 cm³/mol. The van der Waals surface area contributed by atoms with Crippen LogP contribution in [0.1, 0.15) is 39.8 Å². The molecule has 2 aliphatic heterocycles. The molecule has 3 heterocycles. The van der Waals surface area contributed by atoms with Crippen LogP contribution >= 0.6 is 23.6 Å². The third-order valence-corrected chi connectivity index (χ3v) is 8.80. The molecule has 39 heavy (non-hydrogen) atoms. The smallest absolute Gasteiger partial charge is 0.273 e. The molecule has 0 atom stereocenters. The number of aromatic nitrogens is 1. The normalized spacial score (nSPS) is 16.1. The van der Waals surface area contributed by atoms with Crippen LogP contribution in [0.25, 0.3) is 0 Å². The minimum Gasteiger partial charge on any atom is -0.378 e.